The maximum absolute atomic E-state index is 6.29. The number of alkyl halides is 1. The van der Waals surface area contributed by atoms with Crippen LogP contribution in [0, 0.1) is 17.3 Å². The highest BCUT2D eigenvalue weighted by atomic mass is 35.5. The second kappa shape index (κ2) is 1.85. The highest BCUT2D eigenvalue weighted by Crippen LogP contribution is 2.69. The van der Waals surface area contributed by atoms with Gasteiger partial charge in [0.25, 0.3) is 0 Å². The molecule has 2 saturated carbocycles. The van der Waals surface area contributed by atoms with Crippen LogP contribution in [-0.4, -0.2) is 17.6 Å². The average molecular weight is 187 g/mol. The number of rotatable bonds is 0. The monoisotopic (exact) mass is 186 g/mol. The molecule has 0 aromatic heterocycles. The lowest BCUT2D eigenvalue weighted by Gasteiger charge is -2.22. The van der Waals surface area contributed by atoms with Gasteiger partial charge in [-0.15, -0.1) is 11.6 Å². The van der Waals surface area contributed by atoms with Crippen LogP contribution in [0.2, 0.25) is 0 Å². The van der Waals surface area contributed by atoms with Crippen molar-refractivity contribution in [1.29, 1.82) is 0 Å². The van der Waals surface area contributed by atoms with Crippen molar-refractivity contribution in [3.8, 4) is 0 Å². The fourth-order valence-electron chi connectivity index (χ4n) is 3.06. The Morgan fingerprint density at radius 2 is 2.00 bits per heavy atom. The third kappa shape index (κ3) is 0.748. The van der Waals surface area contributed by atoms with Crippen LogP contribution in [0.25, 0.3) is 0 Å². The third-order valence-electron chi connectivity index (χ3n) is 4.40. The van der Waals surface area contributed by atoms with Gasteiger partial charge in [0.2, 0.25) is 0 Å². The first-order valence-electron chi connectivity index (χ1n) is 4.84. The smallest absolute Gasteiger partial charge is 0.108 e. The summed E-state index contributed by atoms with van der Waals surface area (Å²) in [5, 5.41) is 0.292. The average Bonchev–Trinajstić information content (AvgIpc) is 2.84. The predicted molar refractivity (Wildman–Crippen MR) is 48.3 cm³/mol. The van der Waals surface area contributed by atoms with Gasteiger partial charge in [0.15, 0.2) is 0 Å². The lowest BCUT2D eigenvalue weighted by molar-refractivity contribution is 0.233. The zero-order valence-electron chi connectivity index (χ0n) is 7.64. The lowest BCUT2D eigenvalue weighted by Crippen LogP contribution is -2.30. The van der Waals surface area contributed by atoms with E-state index in [0.29, 0.717) is 10.8 Å². The minimum absolute atomic E-state index is 0.122. The molecular weight excluding hydrogens is 172 g/mol. The van der Waals surface area contributed by atoms with E-state index in [0.717, 1.165) is 18.4 Å². The summed E-state index contributed by atoms with van der Waals surface area (Å²) in [4.78, 5) is 0. The Bertz CT molecular complexity index is 232. The molecule has 0 aromatic carbocycles. The van der Waals surface area contributed by atoms with Crippen molar-refractivity contribution < 1.29 is 4.74 Å². The first-order valence-corrected chi connectivity index (χ1v) is 5.28. The van der Waals surface area contributed by atoms with Crippen LogP contribution >= 0.6 is 11.6 Å². The van der Waals surface area contributed by atoms with Gasteiger partial charge in [-0.1, -0.05) is 13.8 Å². The predicted octanol–water partition coefficient (Wildman–Crippen LogP) is 2.43. The van der Waals surface area contributed by atoms with E-state index in [9.17, 15) is 0 Å². The van der Waals surface area contributed by atoms with E-state index < -0.39 is 0 Å². The van der Waals surface area contributed by atoms with Gasteiger partial charge in [-0.3, -0.25) is 0 Å². The molecule has 0 amide bonds. The maximum Gasteiger partial charge on any atom is 0.108 e. The molecule has 1 spiro atoms. The lowest BCUT2D eigenvalue weighted by atomic mass is 9.89. The van der Waals surface area contributed by atoms with Gasteiger partial charge in [0.05, 0.1) is 12.0 Å². The van der Waals surface area contributed by atoms with Crippen LogP contribution in [0.4, 0.5) is 0 Å². The fraction of sp³-hybridized carbons (Fsp3) is 1.00. The van der Waals surface area contributed by atoms with E-state index >= 15 is 0 Å². The fourth-order valence-corrected chi connectivity index (χ4v) is 3.47. The van der Waals surface area contributed by atoms with Crippen molar-refractivity contribution in [2.75, 3.05) is 6.61 Å². The van der Waals surface area contributed by atoms with Gasteiger partial charge in [-0.05, 0) is 30.1 Å². The van der Waals surface area contributed by atoms with Crippen molar-refractivity contribution in [1.82, 2.24) is 0 Å². The molecule has 0 aromatic rings. The van der Waals surface area contributed by atoms with Crippen molar-refractivity contribution in [2.24, 2.45) is 17.3 Å². The second-order valence-corrected chi connectivity index (χ2v) is 5.82. The Balaban J connectivity index is 1.84. The van der Waals surface area contributed by atoms with Crippen molar-refractivity contribution in [3.05, 3.63) is 0 Å². The van der Waals surface area contributed by atoms with E-state index in [1.807, 2.05) is 0 Å². The summed E-state index contributed by atoms with van der Waals surface area (Å²) in [7, 11) is 0. The van der Waals surface area contributed by atoms with Crippen molar-refractivity contribution in [2.45, 2.75) is 37.7 Å². The molecule has 3 rings (SSSR count). The quantitative estimate of drug-likeness (QED) is 0.418. The molecule has 3 aliphatic rings. The Kier molecular flexibility index (Phi) is 1.18. The third-order valence-corrected chi connectivity index (χ3v) is 4.98. The summed E-state index contributed by atoms with van der Waals surface area (Å²) in [5.74, 6) is 1.78. The minimum Gasteiger partial charge on any atom is -0.368 e. The Morgan fingerprint density at radius 3 is 2.58 bits per heavy atom. The standard InChI is InChI=1S/C10H15ClO/c1-9(2)6-3-8(11)10(5-12-10)4-7(6)9/h6-8H,3-5H2,1-2H3/t6?,7?,8-,10-/m0/s1. The van der Waals surface area contributed by atoms with E-state index in [4.69, 9.17) is 16.3 Å². The van der Waals surface area contributed by atoms with Crippen LogP contribution in [0.15, 0.2) is 0 Å². The van der Waals surface area contributed by atoms with Gasteiger partial charge in [-0.2, -0.15) is 0 Å². The summed E-state index contributed by atoms with van der Waals surface area (Å²) >= 11 is 6.29. The molecule has 0 bridgehead atoms. The number of epoxide rings is 1. The number of fused-ring (bicyclic) bond motifs is 1. The molecule has 68 valence electrons. The molecule has 1 heterocycles. The van der Waals surface area contributed by atoms with E-state index in [1.165, 1.54) is 12.8 Å². The molecule has 2 heteroatoms. The van der Waals surface area contributed by atoms with E-state index in [-0.39, 0.29) is 5.60 Å². The van der Waals surface area contributed by atoms with Crippen molar-refractivity contribution >= 4 is 11.6 Å². The molecule has 0 N–H and O–H groups in total. The number of hydrogen-bond acceptors (Lipinski definition) is 1. The summed E-state index contributed by atoms with van der Waals surface area (Å²) in [5.41, 5.74) is 0.680. The highest BCUT2D eigenvalue weighted by Gasteiger charge is 2.68. The molecule has 2 aliphatic carbocycles. The topological polar surface area (TPSA) is 12.5 Å². The number of hydrogen-bond donors (Lipinski definition) is 0. The highest BCUT2D eigenvalue weighted by molar-refractivity contribution is 6.21. The normalized spacial score (nSPS) is 59.8. The first-order chi connectivity index (χ1) is 5.56. The van der Waals surface area contributed by atoms with Crippen LogP contribution in [0.5, 0.6) is 0 Å². The maximum atomic E-state index is 6.29. The molecule has 2 unspecified atom stereocenters. The molecule has 1 nitrogen and oxygen atoms in total. The second-order valence-electron chi connectivity index (χ2n) is 5.30. The van der Waals surface area contributed by atoms with Crippen LogP contribution in [0.1, 0.15) is 26.7 Å². The molecule has 12 heavy (non-hydrogen) atoms. The summed E-state index contributed by atoms with van der Waals surface area (Å²) < 4.78 is 5.51. The zero-order valence-corrected chi connectivity index (χ0v) is 8.40. The van der Waals surface area contributed by atoms with Crippen molar-refractivity contribution in [3.63, 3.8) is 0 Å². The Hall–Kier alpha value is 0.250. The van der Waals surface area contributed by atoms with Gasteiger partial charge in [-0.25, -0.2) is 0 Å². The van der Waals surface area contributed by atoms with E-state index in [1.54, 1.807) is 0 Å². The molecular formula is C10H15ClO. The van der Waals surface area contributed by atoms with Gasteiger partial charge in [0.1, 0.15) is 5.60 Å². The summed E-state index contributed by atoms with van der Waals surface area (Å²) in [6.45, 7) is 5.65. The van der Waals surface area contributed by atoms with Gasteiger partial charge < -0.3 is 4.74 Å². The zero-order chi connectivity index (χ0) is 8.56. The molecule has 3 fully saturated rings. The molecule has 0 radical (unpaired) electrons. The van der Waals surface area contributed by atoms with Gasteiger partial charge in [0, 0.05) is 0 Å². The van der Waals surface area contributed by atoms with Crippen LogP contribution in [0.3, 0.4) is 0 Å². The first kappa shape index (κ1) is 7.64. The van der Waals surface area contributed by atoms with E-state index in [2.05, 4.69) is 13.8 Å². The summed E-state index contributed by atoms with van der Waals surface area (Å²) in [6.07, 6.45) is 2.40. The number of ether oxygens (including phenoxy) is 1. The Morgan fingerprint density at radius 1 is 1.33 bits per heavy atom. The van der Waals surface area contributed by atoms with Gasteiger partial charge >= 0.3 is 0 Å². The Labute approximate surface area is 78.4 Å². The molecule has 4 atom stereocenters. The largest absolute Gasteiger partial charge is 0.368 e. The minimum atomic E-state index is 0.122. The van der Waals surface area contributed by atoms with Crippen LogP contribution in [-0.2, 0) is 4.74 Å². The molecule has 1 aliphatic heterocycles. The summed E-state index contributed by atoms with van der Waals surface area (Å²) in [6, 6.07) is 0. The van der Waals surface area contributed by atoms with Crippen LogP contribution < -0.4 is 0 Å². The number of halogens is 1. The molecule has 1 saturated heterocycles. The SMILES string of the molecule is CC1(C)C2C[C@H](Cl)[C@@]3(CO3)CC21.